The second-order valence-electron chi connectivity index (χ2n) is 6.30. The van der Waals surface area contributed by atoms with Gasteiger partial charge in [-0.15, -0.1) is 0 Å². The van der Waals surface area contributed by atoms with Gasteiger partial charge in [0.05, 0.1) is 26.9 Å². The molecule has 0 aromatic heterocycles. The summed E-state index contributed by atoms with van der Waals surface area (Å²) in [5, 5.41) is 2.84. The first kappa shape index (κ1) is 19.9. The van der Waals surface area contributed by atoms with Crippen LogP contribution in [0.25, 0.3) is 0 Å². The molecule has 0 aliphatic heterocycles. The fourth-order valence-electron chi connectivity index (χ4n) is 3.11. The van der Waals surface area contributed by atoms with Gasteiger partial charge in [0.2, 0.25) is 5.75 Å². The van der Waals surface area contributed by atoms with Crippen LogP contribution in [0.2, 0.25) is 0 Å². The molecule has 1 aliphatic rings. The molecule has 1 aromatic carbocycles. The lowest BCUT2D eigenvalue weighted by Gasteiger charge is -2.21. The SMILES string of the molecule is COc1cc(C(=O)OCC(=O)NCC2CCCCC2)cc(OC)c1OC. The van der Waals surface area contributed by atoms with E-state index in [2.05, 4.69) is 5.32 Å². The van der Waals surface area contributed by atoms with Crippen LogP contribution in [0.15, 0.2) is 12.1 Å². The number of nitrogens with one attached hydrogen (secondary N) is 1. The Morgan fingerprint density at radius 2 is 1.62 bits per heavy atom. The molecule has 1 amide bonds. The molecule has 0 unspecified atom stereocenters. The molecule has 1 N–H and O–H groups in total. The molecular weight excluding hydrogens is 338 g/mol. The molecular formula is C19H27NO6. The van der Waals surface area contributed by atoms with Gasteiger partial charge < -0.3 is 24.3 Å². The molecule has 26 heavy (non-hydrogen) atoms. The molecule has 1 aliphatic carbocycles. The van der Waals surface area contributed by atoms with E-state index in [0.717, 1.165) is 12.8 Å². The van der Waals surface area contributed by atoms with E-state index in [1.807, 2.05) is 0 Å². The lowest BCUT2D eigenvalue weighted by molar-refractivity contribution is -0.124. The summed E-state index contributed by atoms with van der Waals surface area (Å²) in [6.45, 7) is 0.322. The molecule has 0 heterocycles. The van der Waals surface area contributed by atoms with Crippen molar-refractivity contribution in [3.63, 3.8) is 0 Å². The second kappa shape index (κ2) is 9.89. The van der Waals surface area contributed by atoms with Gasteiger partial charge in [-0.25, -0.2) is 4.79 Å². The van der Waals surface area contributed by atoms with E-state index >= 15 is 0 Å². The predicted molar refractivity (Wildman–Crippen MR) is 96.0 cm³/mol. The Morgan fingerprint density at radius 3 is 2.15 bits per heavy atom. The molecule has 1 aromatic rings. The quantitative estimate of drug-likeness (QED) is 0.713. The molecule has 0 atom stereocenters. The Hall–Kier alpha value is -2.44. The van der Waals surface area contributed by atoms with E-state index in [0.29, 0.717) is 29.7 Å². The maximum absolute atomic E-state index is 12.2. The van der Waals surface area contributed by atoms with Crippen LogP contribution in [0.5, 0.6) is 17.2 Å². The molecule has 144 valence electrons. The summed E-state index contributed by atoms with van der Waals surface area (Å²) in [6, 6.07) is 2.98. The maximum atomic E-state index is 12.2. The summed E-state index contributed by atoms with van der Waals surface area (Å²) in [6.07, 6.45) is 6.00. The van der Waals surface area contributed by atoms with E-state index in [1.165, 1.54) is 52.7 Å². The number of hydrogen-bond acceptors (Lipinski definition) is 6. The Balaban J connectivity index is 1.89. The number of ether oxygens (including phenoxy) is 4. The summed E-state index contributed by atoms with van der Waals surface area (Å²) in [5.41, 5.74) is 0.222. The molecule has 7 heteroatoms. The average molecular weight is 365 g/mol. The first-order chi connectivity index (χ1) is 12.6. The first-order valence-corrected chi connectivity index (χ1v) is 8.82. The molecule has 0 bridgehead atoms. The van der Waals surface area contributed by atoms with Gasteiger partial charge in [-0.05, 0) is 30.9 Å². The highest BCUT2D eigenvalue weighted by Gasteiger charge is 2.19. The van der Waals surface area contributed by atoms with Crippen molar-refractivity contribution in [2.24, 2.45) is 5.92 Å². The van der Waals surface area contributed by atoms with Gasteiger partial charge in [0.25, 0.3) is 5.91 Å². The van der Waals surface area contributed by atoms with Crippen molar-refractivity contribution < 1.29 is 28.5 Å². The first-order valence-electron chi connectivity index (χ1n) is 8.82. The summed E-state index contributed by atoms with van der Waals surface area (Å²) in [7, 11) is 4.41. The minimum Gasteiger partial charge on any atom is -0.493 e. The Bertz CT molecular complexity index is 599. The number of amides is 1. The highest BCUT2D eigenvalue weighted by Crippen LogP contribution is 2.38. The Kier molecular flexibility index (Phi) is 7.56. The van der Waals surface area contributed by atoms with Crippen molar-refractivity contribution in [1.82, 2.24) is 5.32 Å². The van der Waals surface area contributed by atoms with Crippen molar-refractivity contribution in [2.45, 2.75) is 32.1 Å². The standard InChI is InChI=1S/C19H27NO6/c1-23-15-9-14(10-16(24-2)18(15)25-3)19(22)26-12-17(21)20-11-13-7-5-4-6-8-13/h9-10,13H,4-8,11-12H2,1-3H3,(H,20,21). The molecule has 2 rings (SSSR count). The topological polar surface area (TPSA) is 83.1 Å². The van der Waals surface area contributed by atoms with Crippen LogP contribution in [-0.4, -0.2) is 46.4 Å². The fraction of sp³-hybridized carbons (Fsp3) is 0.579. The van der Waals surface area contributed by atoms with Gasteiger partial charge in [0, 0.05) is 6.54 Å². The lowest BCUT2D eigenvalue weighted by Crippen LogP contribution is -2.33. The number of methoxy groups -OCH3 is 3. The number of carbonyl (C=O) groups is 2. The second-order valence-corrected chi connectivity index (χ2v) is 6.30. The van der Waals surface area contributed by atoms with Crippen molar-refractivity contribution >= 4 is 11.9 Å². The molecule has 7 nitrogen and oxygen atoms in total. The molecule has 0 spiro atoms. The number of carbonyl (C=O) groups excluding carboxylic acids is 2. The van der Waals surface area contributed by atoms with Crippen LogP contribution in [0.1, 0.15) is 42.5 Å². The smallest absolute Gasteiger partial charge is 0.338 e. The Labute approximate surface area is 153 Å². The van der Waals surface area contributed by atoms with Crippen molar-refractivity contribution in [3.05, 3.63) is 17.7 Å². The zero-order chi connectivity index (χ0) is 18.9. The van der Waals surface area contributed by atoms with E-state index in [4.69, 9.17) is 18.9 Å². The highest BCUT2D eigenvalue weighted by atomic mass is 16.5. The number of esters is 1. The monoisotopic (exact) mass is 365 g/mol. The van der Waals surface area contributed by atoms with Crippen molar-refractivity contribution in [2.75, 3.05) is 34.5 Å². The van der Waals surface area contributed by atoms with Crippen LogP contribution >= 0.6 is 0 Å². The maximum Gasteiger partial charge on any atom is 0.338 e. The van der Waals surface area contributed by atoms with Gasteiger partial charge in [0.15, 0.2) is 18.1 Å². The third-order valence-electron chi connectivity index (χ3n) is 4.55. The van der Waals surface area contributed by atoms with Crippen LogP contribution < -0.4 is 19.5 Å². The fourth-order valence-corrected chi connectivity index (χ4v) is 3.11. The third-order valence-corrected chi connectivity index (χ3v) is 4.55. The van der Waals surface area contributed by atoms with Gasteiger partial charge in [-0.2, -0.15) is 0 Å². The normalized spacial score (nSPS) is 14.4. The summed E-state index contributed by atoms with van der Waals surface area (Å²) in [5.74, 6) is 0.685. The van der Waals surface area contributed by atoms with Gasteiger partial charge in [0.1, 0.15) is 0 Å². The van der Waals surface area contributed by atoms with Crippen LogP contribution in [0.4, 0.5) is 0 Å². The van der Waals surface area contributed by atoms with Gasteiger partial charge in [-0.3, -0.25) is 4.79 Å². The Morgan fingerprint density at radius 1 is 1.00 bits per heavy atom. The summed E-state index contributed by atoms with van der Waals surface area (Å²) >= 11 is 0. The van der Waals surface area contributed by atoms with Crippen LogP contribution in [0, 0.1) is 5.92 Å². The summed E-state index contributed by atoms with van der Waals surface area (Å²) < 4.78 is 20.7. The minimum absolute atomic E-state index is 0.222. The van der Waals surface area contributed by atoms with Crippen LogP contribution in [-0.2, 0) is 9.53 Å². The van der Waals surface area contributed by atoms with Crippen molar-refractivity contribution in [1.29, 1.82) is 0 Å². The molecule has 1 fully saturated rings. The van der Waals surface area contributed by atoms with Crippen molar-refractivity contribution in [3.8, 4) is 17.2 Å². The van der Waals surface area contributed by atoms with Crippen LogP contribution in [0.3, 0.4) is 0 Å². The van der Waals surface area contributed by atoms with Gasteiger partial charge >= 0.3 is 5.97 Å². The number of hydrogen-bond donors (Lipinski definition) is 1. The van der Waals surface area contributed by atoms with E-state index < -0.39 is 5.97 Å². The predicted octanol–water partition coefficient (Wildman–Crippen LogP) is 2.57. The zero-order valence-electron chi connectivity index (χ0n) is 15.6. The molecule has 1 saturated carbocycles. The zero-order valence-corrected chi connectivity index (χ0v) is 15.6. The summed E-state index contributed by atoms with van der Waals surface area (Å²) in [4.78, 5) is 24.1. The third kappa shape index (κ3) is 5.28. The highest BCUT2D eigenvalue weighted by molar-refractivity contribution is 5.92. The largest absolute Gasteiger partial charge is 0.493 e. The van der Waals surface area contributed by atoms with E-state index in [1.54, 1.807) is 0 Å². The van der Waals surface area contributed by atoms with E-state index in [9.17, 15) is 9.59 Å². The van der Waals surface area contributed by atoms with Gasteiger partial charge in [-0.1, -0.05) is 19.3 Å². The number of rotatable bonds is 8. The molecule has 0 saturated heterocycles. The average Bonchev–Trinajstić information content (AvgIpc) is 2.69. The molecule has 0 radical (unpaired) electrons. The minimum atomic E-state index is -0.628. The lowest BCUT2D eigenvalue weighted by atomic mass is 9.89. The van der Waals surface area contributed by atoms with E-state index in [-0.39, 0.29) is 18.1 Å². The number of benzene rings is 1.